The van der Waals surface area contributed by atoms with Crippen LogP contribution < -0.4 is 10.6 Å². The van der Waals surface area contributed by atoms with Crippen molar-refractivity contribution in [3.05, 3.63) is 17.8 Å². The van der Waals surface area contributed by atoms with Crippen molar-refractivity contribution in [2.75, 3.05) is 30.3 Å². The third-order valence-corrected chi connectivity index (χ3v) is 4.15. The number of aromatic carboxylic acids is 1. The van der Waals surface area contributed by atoms with Crippen LogP contribution >= 0.6 is 0 Å². The molecule has 0 saturated carbocycles. The summed E-state index contributed by atoms with van der Waals surface area (Å²) < 4.78 is 6.31. The normalized spacial score (nSPS) is 15.6. The highest BCUT2D eigenvalue weighted by Crippen LogP contribution is 2.28. The highest BCUT2D eigenvalue weighted by Gasteiger charge is 2.28. The summed E-state index contributed by atoms with van der Waals surface area (Å²) in [7, 11) is 0. The van der Waals surface area contributed by atoms with E-state index < -0.39 is 5.97 Å². The molecule has 9 nitrogen and oxygen atoms in total. The van der Waals surface area contributed by atoms with Gasteiger partial charge < -0.3 is 20.5 Å². The predicted octanol–water partition coefficient (Wildman–Crippen LogP) is 0.789. The second-order valence-electron chi connectivity index (χ2n) is 5.63. The lowest BCUT2D eigenvalue weighted by atomic mass is 9.96. The number of anilines is 2. The lowest BCUT2D eigenvalue weighted by Crippen LogP contribution is -2.37. The fraction of sp³-hybridized carbons (Fsp3) is 0.467. The summed E-state index contributed by atoms with van der Waals surface area (Å²) in [6, 6.07) is 3.19. The zero-order chi connectivity index (χ0) is 17.3. The summed E-state index contributed by atoms with van der Waals surface area (Å²) in [4.78, 5) is 29.3. The number of carboxylic acid groups (broad SMARTS) is 1. The van der Waals surface area contributed by atoms with Crippen molar-refractivity contribution in [1.82, 2.24) is 14.6 Å². The molecule has 1 aliphatic heterocycles. The van der Waals surface area contributed by atoms with Crippen LogP contribution in [0, 0.1) is 5.92 Å². The fourth-order valence-electron chi connectivity index (χ4n) is 2.99. The molecule has 0 atom stereocenters. The molecular weight excluding hydrogens is 314 g/mol. The van der Waals surface area contributed by atoms with E-state index in [0.717, 1.165) is 5.69 Å². The van der Waals surface area contributed by atoms with Gasteiger partial charge in [0.15, 0.2) is 11.3 Å². The zero-order valence-corrected chi connectivity index (χ0v) is 13.3. The van der Waals surface area contributed by atoms with Crippen molar-refractivity contribution in [3.63, 3.8) is 0 Å². The standard InChI is InChI=1S/C15H19N5O4/c1-2-24-14(23)9-5-7-19(8-6-9)10-3-4-11(13(21)22)20-12(10)17-15(16)18-20/h3-4,9H,2,5-8H2,1H3,(H2,16,18)(H,21,22). The summed E-state index contributed by atoms with van der Waals surface area (Å²) in [5, 5.41) is 13.2. The molecule has 1 fully saturated rings. The van der Waals surface area contributed by atoms with Crippen LogP contribution in [-0.2, 0) is 9.53 Å². The van der Waals surface area contributed by atoms with E-state index in [9.17, 15) is 14.7 Å². The first kappa shape index (κ1) is 16.0. The van der Waals surface area contributed by atoms with Gasteiger partial charge in [-0.1, -0.05) is 0 Å². The average Bonchev–Trinajstić information content (AvgIpc) is 2.95. The third-order valence-electron chi connectivity index (χ3n) is 4.15. The minimum atomic E-state index is -1.10. The molecule has 0 spiro atoms. The van der Waals surface area contributed by atoms with Crippen LogP contribution in [0.5, 0.6) is 0 Å². The molecule has 2 aromatic heterocycles. The molecule has 1 saturated heterocycles. The number of carbonyl (C=O) groups is 2. The molecular formula is C15H19N5O4. The first-order chi connectivity index (χ1) is 11.5. The van der Waals surface area contributed by atoms with E-state index in [-0.39, 0.29) is 23.5 Å². The summed E-state index contributed by atoms with van der Waals surface area (Å²) in [6.07, 6.45) is 1.35. The Hall–Kier alpha value is -2.84. The molecule has 0 aliphatic carbocycles. The topological polar surface area (TPSA) is 123 Å². The van der Waals surface area contributed by atoms with Crippen molar-refractivity contribution < 1.29 is 19.4 Å². The van der Waals surface area contributed by atoms with E-state index in [1.807, 2.05) is 0 Å². The smallest absolute Gasteiger partial charge is 0.354 e. The molecule has 3 heterocycles. The van der Waals surface area contributed by atoms with Crippen LogP contribution in [-0.4, -0.2) is 51.3 Å². The zero-order valence-electron chi connectivity index (χ0n) is 13.3. The maximum Gasteiger partial charge on any atom is 0.354 e. The van der Waals surface area contributed by atoms with Crippen LogP contribution in [0.3, 0.4) is 0 Å². The number of ether oxygens (including phenoxy) is 1. The monoisotopic (exact) mass is 333 g/mol. The van der Waals surface area contributed by atoms with Gasteiger partial charge in [0.1, 0.15) is 0 Å². The predicted molar refractivity (Wildman–Crippen MR) is 85.9 cm³/mol. The minimum Gasteiger partial charge on any atom is -0.477 e. The number of fused-ring (bicyclic) bond motifs is 1. The van der Waals surface area contributed by atoms with E-state index in [4.69, 9.17) is 10.5 Å². The van der Waals surface area contributed by atoms with Crippen molar-refractivity contribution in [3.8, 4) is 0 Å². The van der Waals surface area contributed by atoms with Gasteiger partial charge in [0.05, 0.1) is 18.2 Å². The molecule has 128 valence electrons. The van der Waals surface area contributed by atoms with Gasteiger partial charge in [0.2, 0.25) is 5.95 Å². The second kappa shape index (κ2) is 6.34. The van der Waals surface area contributed by atoms with Gasteiger partial charge in [-0.05, 0) is 31.9 Å². The van der Waals surface area contributed by atoms with Crippen LogP contribution in [0.4, 0.5) is 11.6 Å². The SMILES string of the molecule is CCOC(=O)C1CCN(c2ccc(C(=O)O)n3nc(N)nc23)CC1. The minimum absolute atomic E-state index is 0.000593. The van der Waals surface area contributed by atoms with Gasteiger partial charge >= 0.3 is 11.9 Å². The molecule has 2 aromatic rings. The van der Waals surface area contributed by atoms with Gasteiger partial charge in [-0.25, -0.2) is 9.31 Å². The molecule has 3 N–H and O–H groups in total. The van der Waals surface area contributed by atoms with Crippen LogP contribution in [0.2, 0.25) is 0 Å². The Bertz CT molecular complexity index is 780. The second-order valence-corrected chi connectivity index (χ2v) is 5.63. The van der Waals surface area contributed by atoms with E-state index >= 15 is 0 Å². The largest absolute Gasteiger partial charge is 0.477 e. The number of hydrogen-bond donors (Lipinski definition) is 2. The number of rotatable bonds is 4. The Kier molecular flexibility index (Phi) is 4.24. The van der Waals surface area contributed by atoms with Gasteiger partial charge in [0, 0.05) is 13.1 Å². The Labute approximate surface area is 138 Å². The highest BCUT2D eigenvalue weighted by molar-refractivity contribution is 5.88. The highest BCUT2D eigenvalue weighted by atomic mass is 16.5. The number of carbonyl (C=O) groups excluding carboxylic acids is 1. The molecule has 9 heteroatoms. The van der Waals surface area contributed by atoms with Gasteiger partial charge in [-0.3, -0.25) is 4.79 Å². The van der Waals surface area contributed by atoms with Crippen molar-refractivity contribution in [2.24, 2.45) is 5.92 Å². The summed E-state index contributed by atoms with van der Waals surface area (Å²) in [5.41, 5.74) is 6.80. The third kappa shape index (κ3) is 2.84. The molecule has 3 rings (SSSR count). The Morgan fingerprint density at radius 1 is 1.38 bits per heavy atom. The van der Waals surface area contributed by atoms with Gasteiger partial charge in [0.25, 0.3) is 0 Å². The van der Waals surface area contributed by atoms with E-state index in [1.165, 1.54) is 10.6 Å². The Morgan fingerprint density at radius 3 is 2.71 bits per heavy atom. The maximum atomic E-state index is 11.8. The Morgan fingerprint density at radius 2 is 2.08 bits per heavy atom. The van der Waals surface area contributed by atoms with E-state index in [2.05, 4.69) is 15.0 Å². The van der Waals surface area contributed by atoms with Crippen LogP contribution in [0.25, 0.3) is 5.65 Å². The summed E-state index contributed by atoms with van der Waals surface area (Å²) in [6.45, 7) is 3.48. The molecule has 24 heavy (non-hydrogen) atoms. The lowest BCUT2D eigenvalue weighted by molar-refractivity contribution is -0.148. The molecule has 0 unspecified atom stereocenters. The average molecular weight is 333 g/mol. The summed E-state index contributed by atoms with van der Waals surface area (Å²) in [5.74, 6) is -1.34. The molecule has 1 aliphatic rings. The van der Waals surface area contributed by atoms with Crippen molar-refractivity contribution in [2.45, 2.75) is 19.8 Å². The van der Waals surface area contributed by atoms with E-state index in [0.29, 0.717) is 38.2 Å². The summed E-state index contributed by atoms with van der Waals surface area (Å²) >= 11 is 0. The molecule has 0 bridgehead atoms. The molecule has 0 aromatic carbocycles. The van der Waals surface area contributed by atoms with Crippen LogP contribution in [0.1, 0.15) is 30.3 Å². The lowest BCUT2D eigenvalue weighted by Gasteiger charge is -2.32. The molecule has 0 radical (unpaired) electrons. The number of esters is 1. The number of nitrogens with zero attached hydrogens (tertiary/aromatic N) is 4. The molecule has 0 amide bonds. The van der Waals surface area contributed by atoms with Gasteiger partial charge in [-0.15, -0.1) is 5.10 Å². The first-order valence-corrected chi connectivity index (χ1v) is 7.81. The number of nitrogen functional groups attached to an aromatic ring is 1. The number of piperidine rings is 1. The fourth-order valence-corrected chi connectivity index (χ4v) is 2.99. The van der Waals surface area contributed by atoms with Crippen LogP contribution in [0.15, 0.2) is 12.1 Å². The van der Waals surface area contributed by atoms with Crippen molar-refractivity contribution >= 4 is 29.2 Å². The van der Waals surface area contributed by atoms with Crippen molar-refractivity contribution in [1.29, 1.82) is 0 Å². The quantitative estimate of drug-likeness (QED) is 0.787. The number of hydrogen-bond acceptors (Lipinski definition) is 7. The number of pyridine rings is 1. The maximum absolute atomic E-state index is 11.8. The van der Waals surface area contributed by atoms with Gasteiger partial charge in [-0.2, -0.15) is 4.98 Å². The Balaban J connectivity index is 1.85. The number of aromatic nitrogens is 3. The number of nitrogens with two attached hydrogens (primary N) is 1. The first-order valence-electron chi connectivity index (χ1n) is 7.81. The number of carboxylic acids is 1. The van der Waals surface area contributed by atoms with E-state index in [1.54, 1.807) is 13.0 Å².